The second-order valence-electron chi connectivity index (χ2n) is 6.98. The summed E-state index contributed by atoms with van der Waals surface area (Å²) in [5.74, 6) is 1.57. The van der Waals surface area contributed by atoms with Crippen LogP contribution in [0.25, 0.3) is 0 Å². The van der Waals surface area contributed by atoms with E-state index in [4.69, 9.17) is 14.2 Å². The molecule has 0 heterocycles. The first kappa shape index (κ1) is 23.0. The van der Waals surface area contributed by atoms with Gasteiger partial charge in [0.25, 0.3) is 0 Å². The average Bonchev–Trinajstić information content (AvgIpc) is 2.72. The summed E-state index contributed by atoms with van der Waals surface area (Å²) < 4.78 is 16.7. The van der Waals surface area contributed by atoms with Crippen LogP contribution < -0.4 is 14.2 Å². The number of rotatable bonds is 13. The first-order chi connectivity index (χ1) is 14.1. The fourth-order valence-electron chi connectivity index (χ4n) is 2.67. The maximum Gasteiger partial charge on any atom is 0.343 e. The number of esters is 1. The van der Waals surface area contributed by atoms with Crippen molar-refractivity contribution in [2.24, 2.45) is 0 Å². The van der Waals surface area contributed by atoms with Gasteiger partial charge in [0.2, 0.25) is 9.04 Å². The Bertz CT molecular complexity index is 713. The Morgan fingerprint density at radius 2 is 1.34 bits per heavy atom. The van der Waals surface area contributed by atoms with Crippen LogP contribution in [-0.2, 0) is 0 Å². The monoisotopic (exact) mass is 415 g/mol. The van der Waals surface area contributed by atoms with Crippen LogP contribution in [0.1, 0.15) is 49.4 Å². The first-order valence-electron chi connectivity index (χ1n) is 10.3. The summed E-state index contributed by atoms with van der Waals surface area (Å²) in [6.45, 7) is 5.35. The maximum absolute atomic E-state index is 12.3. The molecule has 157 valence electrons. The predicted molar refractivity (Wildman–Crippen MR) is 116 cm³/mol. The van der Waals surface area contributed by atoms with Crippen molar-refractivity contribution in [3.8, 4) is 17.2 Å². The van der Waals surface area contributed by atoms with Gasteiger partial charge in [0.15, 0.2) is 0 Å². The van der Waals surface area contributed by atoms with Crippen LogP contribution in [0.3, 0.4) is 0 Å². The van der Waals surface area contributed by atoms with Gasteiger partial charge >= 0.3 is 5.97 Å². The lowest BCUT2D eigenvalue weighted by molar-refractivity contribution is 0.0734. The van der Waals surface area contributed by atoms with Crippen LogP contribution in [0.5, 0.6) is 17.2 Å². The highest BCUT2D eigenvalue weighted by atomic mass is 28.3. The van der Waals surface area contributed by atoms with E-state index in [2.05, 4.69) is 6.92 Å². The van der Waals surface area contributed by atoms with Gasteiger partial charge in [0.05, 0.1) is 18.8 Å². The van der Waals surface area contributed by atoms with E-state index >= 15 is 0 Å². The quantitative estimate of drug-likeness (QED) is 0.210. The Morgan fingerprint density at radius 3 is 1.90 bits per heavy atom. The van der Waals surface area contributed by atoms with Crippen molar-refractivity contribution in [1.82, 2.24) is 0 Å². The normalized spacial score (nSPS) is 10.8. The van der Waals surface area contributed by atoms with E-state index < -0.39 is 15.0 Å². The lowest BCUT2D eigenvalue weighted by atomic mass is 10.2. The zero-order chi connectivity index (χ0) is 20.9. The Hall–Kier alpha value is -2.31. The molecular formula is C23H31O5Si. The molecule has 0 bridgehead atoms. The molecule has 0 aliphatic heterocycles. The lowest BCUT2D eigenvalue weighted by Crippen LogP contribution is -2.08. The van der Waals surface area contributed by atoms with Crippen LogP contribution >= 0.6 is 0 Å². The molecule has 0 amide bonds. The number of unbranched alkanes of at least 4 members (excludes halogenated alkanes) is 3. The number of benzene rings is 2. The molecule has 0 saturated heterocycles. The molecule has 2 aromatic rings. The molecule has 0 spiro atoms. The number of hydrogen-bond acceptors (Lipinski definition) is 5. The summed E-state index contributed by atoms with van der Waals surface area (Å²) in [4.78, 5) is 21.6. The zero-order valence-electron chi connectivity index (χ0n) is 17.4. The molecule has 6 heteroatoms. The van der Waals surface area contributed by atoms with Crippen LogP contribution in [0.4, 0.5) is 0 Å². The van der Waals surface area contributed by atoms with Crippen molar-refractivity contribution in [2.45, 2.75) is 51.6 Å². The number of hydrogen-bond donors (Lipinski definition) is 1. The third kappa shape index (κ3) is 9.15. The van der Waals surface area contributed by atoms with Crippen LogP contribution in [0.15, 0.2) is 48.5 Å². The maximum atomic E-state index is 12.3. The minimum atomic E-state index is -1.14. The van der Waals surface area contributed by atoms with E-state index in [9.17, 15) is 9.59 Å². The molecule has 0 unspecified atom stereocenters. The summed E-state index contributed by atoms with van der Waals surface area (Å²) in [5, 5.41) is 0. The third-order valence-corrected chi connectivity index (χ3v) is 5.42. The highest BCUT2D eigenvalue weighted by Gasteiger charge is 2.09. The fourth-order valence-corrected chi connectivity index (χ4v) is 3.43. The minimum Gasteiger partial charge on any atom is -0.494 e. The highest BCUT2D eigenvalue weighted by molar-refractivity contribution is 6.48. The van der Waals surface area contributed by atoms with Crippen molar-refractivity contribution in [3.05, 3.63) is 54.1 Å². The van der Waals surface area contributed by atoms with Gasteiger partial charge in [-0.2, -0.15) is 0 Å². The average molecular weight is 416 g/mol. The van der Waals surface area contributed by atoms with Crippen LogP contribution in [0.2, 0.25) is 12.6 Å². The molecule has 0 aliphatic rings. The van der Waals surface area contributed by atoms with E-state index in [-0.39, 0.29) is 0 Å². The van der Waals surface area contributed by atoms with Gasteiger partial charge in [-0.05, 0) is 74.0 Å². The molecule has 29 heavy (non-hydrogen) atoms. The van der Waals surface area contributed by atoms with E-state index in [1.807, 2.05) is 18.7 Å². The molecule has 0 atom stereocenters. The van der Waals surface area contributed by atoms with E-state index in [0.29, 0.717) is 24.5 Å². The van der Waals surface area contributed by atoms with Gasteiger partial charge in [0.1, 0.15) is 17.2 Å². The topological polar surface area (TPSA) is 65.0 Å². The lowest BCUT2D eigenvalue weighted by Gasteiger charge is -2.09. The molecule has 0 saturated carbocycles. The van der Waals surface area contributed by atoms with Crippen molar-refractivity contribution in [1.29, 1.82) is 0 Å². The summed E-state index contributed by atoms with van der Waals surface area (Å²) in [6, 6.07) is 14.9. The van der Waals surface area contributed by atoms with Crippen molar-refractivity contribution >= 4 is 15.0 Å². The Kier molecular flexibility index (Phi) is 10.3. The van der Waals surface area contributed by atoms with E-state index in [1.54, 1.807) is 36.4 Å². The molecule has 2 rings (SSSR count). The predicted octanol–water partition coefficient (Wildman–Crippen LogP) is 5.25. The van der Waals surface area contributed by atoms with Gasteiger partial charge in [-0.1, -0.05) is 26.2 Å². The zero-order valence-corrected chi connectivity index (χ0v) is 18.4. The molecule has 2 aromatic carbocycles. The smallest absolute Gasteiger partial charge is 0.343 e. The van der Waals surface area contributed by atoms with Gasteiger partial charge < -0.3 is 19.0 Å². The second kappa shape index (κ2) is 13.0. The molecule has 0 aromatic heterocycles. The molecular weight excluding hydrogens is 384 g/mol. The summed E-state index contributed by atoms with van der Waals surface area (Å²) in [6.07, 6.45) is 5.23. The standard InChI is InChI=1S/C23H31O5Si/c1-3-4-5-16-26-21-12-14-22(15-13-21)28-23(24)19-8-10-20(11-9-19)27-17-6-7-18-29(2)25/h8-15,25H,3-7,16-18H2,1-2H3. The Labute approximate surface area is 175 Å². The number of carbonyl (C=O) groups is 1. The molecule has 5 nitrogen and oxygen atoms in total. The molecule has 0 fully saturated rings. The van der Waals surface area contributed by atoms with Crippen LogP contribution in [0, 0.1) is 0 Å². The van der Waals surface area contributed by atoms with Gasteiger partial charge in [0, 0.05) is 0 Å². The van der Waals surface area contributed by atoms with E-state index in [0.717, 1.165) is 49.6 Å². The largest absolute Gasteiger partial charge is 0.494 e. The third-order valence-electron chi connectivity index (χ3n) is 4.34. The number of carbonyl (C=O) groups excluding carboxylic acids is 1. The van der Waals surface area contributed by atoms with Gasteiger partial charge in [-0.3, -0.25) is 0 Å². The van der Waals surface area contributed by atoms with Gasteiger partial charge in [-0.25, -0.2) is 4.79 Å². The summed E-state index contributed by atoms with van der Waals surface area (Å²) >= 11 is 0. The summed E-state index contributed by atoms with van der Waals surface area (Å²) in [5.41, 5.74) is 0.468. The number of ether oxygens (including phenoxy) is 3. The fraction of sp³-hybridized carbons (Fsp3) is 0.435. The second-order valence-corrected chi connectivity index (χ2v) is 8.95. The summed E-state index contributed by atoms with van der Waals surface area (Å²) in [7, 11) is -1.14. The molecule has 0 aliphatic carbocycles. The Balaban J connectivity index is 1.75. The molecule has 1 radical (unpaired) electrons. The Morgan fingerprint density at radius 1 is 0.828 bits per heavy atom. The molecule has 1 N–H and O–H groups in total. The van der Waals surface area contributed by atoms with Crippen LogP contribution in [-0.4, -0.2) is 33.0 Å². The minimum absolute atomic E-state index is 0.409. The van der Waals surface area contributed by atoms with Gasteiger partial charge in [-0.15, -0.1) is 0 Å². The highest BCUT2D eigenvalue weighted by Crippen LogP contribution is 2.20. The van der Waals surface area contributed by atoms with Crippen molar-refractivity contribution < 1.29 is 23.8 Å². The van der Waals surface area contributed by atoms with Crippen molar-refractivity contribution in [3.63, 3.8) is 0 Å². The first-order valence-corrected chi connectivity index (χ1v) is 12.4. The van der Waals surface area contributed by atoms with Crippen molar-refractivity contribution in [2.75, 3.05) is 13.2 Å². The SMILES string of the molecule is CCCCCOc1ccc(OC(=O)c2ccc(OCCCC[Si](C)O)cc2)cc1. The van der Waals surface area contributed by atoms with E-state index in [1.165, 1.54) is 0 Å².